The van der Waals surface area contributed by atoms with E-state index in [0.29, 0.717) is 10.1 Å². The second-order valence-corrected chi connectivity index (χ2v) is 6.57. The van der Waals surface area contributed by atoms with E-state index in [9.17, 15) is 22.8 Å². The van der Waals surface area contributed by atoms with Gasteiger partial charge in [0.2, 0.25) is 0 Å². The first-order chi connectivity index (χ1) is 13.7. The molecule has 0 spiro atoms. The number of nitrogens with zero attached hydrogens (tertiary/aromatic N) is 3. The lowest BCUT2D eigenvalue weighted by Gasteiger charge is -2.34. The minimum Gasteiger partial charge on any atom is -0.429 e. The zero-order valence-electron chi connectivity index (χ0n) is 15.2. The molecule has 2 aromatic carbocycles. The quantitative estimate of drug-likeness (QED) is 0.619. The van der Waals surface area contributed by atoms with Crippen molar-refractivity contribution in [1.82, 2.24) is 9.13 Å². The summed E-state index contributed by atoms with van der Waals surface area (Å²) in [7, 11) is 1.45. The number of alkyl halides is 2. The number of fused-ring (bicyclic) bond motifs is 2. The highest BCUT2D eigenvalue weighted by atomic mass is 19.3. The van der Waals surface area contributed by atoms with Gasteiger partial charge in [0.1, 0.15) is 6.54 Å². The van der Waals surface area contributed by atoms with Crippen LogP contribution in [0.1, 0.15) is 0 Å². The van der Waals surface area contributed by atoms with Crippen molar-refractivity contribution in [2.24, 2.45) is 7.05 Å². The van der Waals surface area contributed by atoms with Crippen LogP contribution in [-0.4, -0.2) is 28.3 Å². The fourth-order valence-electron chi connectivity index (χ4n) is 3.40. The van der Waals surface area contributed by atoms with Crippen molar-refractivity contribution in [3.05, 3.63) is 63.1 Å². The number of halogens is 3. The lowest BCUT2D eigenvalue weighted by Crippen LogP contribution is -2.45. The first-order valence-electron chi connectivity index (χ1n) is 8.53. The van der Waals surface area contributed by atoms with Gasteiger partial charge in [-0.05, 0) is 18.2 Å². The van der Waals surface area contributed by atoms with Crippen molar-refractivity contribution in [2.45, 2.75) is 6.11 Å². The molecular weight excluding hydrogens is 387 g/mol. The maximum absolute atomic E-state index is 14.8. The number of hydrogen-bond acceptors (Lipinski definition) is 4. The Hall–Kier alpha value is -3.67. The van der Waals surface area contributed by atoms with Crippen LogP contribution in [0.15, 0.2) is 46.0 Å². The van der Waals surface area contributed by atoms with E-state index < -0.39 is 35.5 Å². The number of para-hydroxylation sites is 1. The van der Waals surface area contributed by atoms with Crippen molar-refractivity contribution in [1.29, 1.82) is 0 Å². The first kappa shape index (κ1) is 18.7. The SMILES string of the molecule is C#CCN1CC(F)(F)Oc2cc(F)c(-n3c(=O)c4ccccc4n(C)c3=O)cc21. The standard InChI is InChI=1S/C20H14F3N3O3/c1-3-8-25-11-20(22,23)29-17-9-13(21)15(10-16(17)25)26-18(27)12-6-4-5-7-14(12)24(2)19(26)28/h1,4-7,9-10H,8,11H2,2H3. The highest BCUT2D eigenvalue weighted by Crippen LogP contribution is 2.40. The van der Waals surface area contributed by atoms with Crippen LogP contribution in [-0.2, 0) is 7.05 Å². The van der Waals surface area contributed by atoms with Gasteiger partial charge < -0.3 is 9.64 Å². The van der Waals surface area contributed by atoms with Gasteiger partial charge in [-0.25, -0.2) is 13.8 Å². The number of aryl methyl sites for hydroxylation is 1. The normalized spacial score (nSPS) is 14.9. The van der Waals surface area contributed by atoms with E-state index in [-0.39, 0.29) is 23.3 Å². The largest absolute Gasteiger partial charge is 0.429 e. The zero-order chi connectivity index (χ0) is 20.9. The fourth-order valence-corrected chi connectivity index (χ4v) is 3.40. The molecule has 0 radical (unpaired) electrons. The van der Waals surface area contributed by atoms with Crippen LogP contribution < -0.4 is 20.9 Å². The Morgan fingerprint density at radius 3 is 2.66 bits per heavy atom. The topological polar surface area (TPSA) is 56.5 Å². The first-order valence-corrected chi connectivity index (χ1v) is 8.53. The summed E-state index contributed by atoms with van der Waals surface area (Å²) in [4.78, 5) is 26.8. The van der Waals surface area contributed by atoms with Crippen LogP contribution >= 0.6 is 0 Å². The van der Waals surface area contributed by atoms with Gasteiger partial charge >= 0.3 is 11.8 Å². The molecule has 148 valence electrons. The molecule has 9 heteroatoms. The molecule has 3 aromatic rings. The molecule has 0 fully saturated rings. The van der Waals surface area contributed by atoms with Gasteiger partial charge in [0.15, 0.2) is 11.6 Å². The Morgan fingerprint density at radius 1 is 1.21 bits per heavy atom. The summed E-state index contributed by atoms with van der Waals surface area (Å²) in [5.41, 5.74) is -1.44. The van der Waals surface area contributed by atoms with Crippen molar-refractivity contribution in [3.8, 4) is 23.8 Å². The van der Waals surface area contributed by atoms with Gasteiger partial charge in [-0.3, -0.25) is 9.36 Å². The highest BCUT2D eigenvalue weighted by Gasteiger charge is 2.41. The average Bonchev–Trinajstić information content (AvgIpc) is 2.66. The molecule has 2 heterocycles. The Morgan fingerprint density at radius 2 is 1.93 bits per heavy atom. The maximum atomic E-state index is 14.8. The van der Waals surface area contributed by atoms with E-state index in [1.165, 1.54) is 17.7 Å². The van der Waals surface area contributed by atoms with Gasteiger partial charge in [-0.15, -0.1) is 6.42 Å². The smallest absolute Gasteiger partial charge is 0.415 e. The van der Waals surface area contributed by atoms with Gasteiger partial charge in [-0.2, -0.15) is 8.78 Å². The monoisotopic (exact) mass is 401 g/mol. The number of aromatic nitrogens is 2. The summed E-state index contributed by atoms with van der Waals surface area (Å²) in [5, 5.41) is 0.204. The highest BCUT2D eigenvalue weighted by molar-refractivity contribution is 5.78. The third-order valence-electron chi connectivity index (χ3n) is 4.70. The molecule has 0 aliphatic carbocycles. The van der Waals surface area contributed by atoms with Crippen molar-refractivity contribution in [3.63, 3.8) is 0 Å². The summed E-state index contributed by atoms with van der Waals surface area (Å²) in [6.07, 6.45) is 1.69. The Bertz CT molecular complexity index is 1300. The molecule has 6 nitrogen and oxygen atoms in total. The third-order valence-corrected chi connectivity index (χ3v) is 4.70. The minimum absolute atomic E-state index is 0.0624. The van der Waals surface area contributed by atoms with Crippen LogP contribution in [0.2, 0.25) is 0 Å². The van der Waals surface area contributed by atoms with E-state index in [1.54, 1.807) is 18.2 Å². The number of terminal acetylenes is 1. The van der Waals surface area contributed by atoms with E-state index in [0.717, 1.165) is 17.0 Å². The molecule has 0 unspecified atom stereocenters. The summed E-state index contributed by atoms with van der Waals surface area (Å²) >= 11 is 0. The average molecular weight is 401 g/mol. The van der Waals surface area contributed by atoms with Gasteiger partial charge in [0.05, 0.1) is 28.8 Å². The van der Waals surface area contributed by atoms with Crippen LogP contribution in [0.4, 0.5) is 18.9 Å². The second-order valence-electron chi connectivity index (χ2n) is 6.57. The fraction of sp³-hybridized carbons (Fsp3) is 0.200. The molecule has 0 atom stereocenters. The Labute approximate surface area is 162 Å². The lowest BCUT2D eigenvalue weighted by atomic mass is 10.1. The summed E-state index contributed by atoms with van der Waals surface area (Å²) in [6.45, 7) is -1.04. The number of benzene rings is 2. The van der Waals surface area contributed by atoms with E-state index in [2.05, 4.69) is 10.7 Å². The molecule has 4 rings (SSSR count). The van der Waals surface area contributed by atoms with Gasteiger partial charge in [-0.1, -0.05) is 18.1 Å². The number of anilines is 1. The molecule has 1 aromatic heterocycles. The molecule has 29 heavy (non-hydrogen) atoms. The lowest BCUT2D eigenvalue weighted by molar-refractivity contribution is -0.171. The third kappa shape index (κ3) is 2.93. The number of rotatable bonds is 2. The van der Waals surface area contributed by atoms with Gasteiger partial charge in [0, 0.05) is 13.1 Å². The molecule has 1 aliphatic heterocycles. The van der Waals surface area contributed by atoms with Crippen LogP contribution in [0.5, 0.6) is 5.75 Å². The van der Waals surface area contributed by atoms with E-state index in [4.69, 9.17) is 6.42 Å². The maximum Gasteiger partial charge on any atom is 0.415 e. The molecule has 0 bridgehead atoms. The summed E-state index contributed by atoms with van der Waals surface area (Å²) in [5.74, 6) is 0.769. The molecular formula is C20H14F3N3O3. The summed E-state index contributed by atoms with van der Waals surface area (Å²) in [6, 6.07) is 8.23. The van der Waals surface area contributed by atoms with Crippen LogP contribution in [0.3, 0.4) is 0 Å². The minimum atomic E-state index is -3.56. The molecule has 0 amide bonds. The molecule has 0 saturated heterocycles. The van der Waals surface area contributed by atoms with Crippen LogP contribution in [0.25, 0.3) is 16.6 Å². The predicted octanol–water partition coefficient (Wildman–Crippen LogP) is 2.25. The Kier molecular flexibility index (Phi) is 4.15. The molecule has 1 aliphatic rings. The van der Waals surface area contributed by atoms with Crippen molar-refractivity contribution in [2.75, 3.05) is 18.0 Å². The van der Waals surface area contributed by atoms with Gasteiger partial charge in [0.25, 0.3) is 5.56 Å². The number of ether oxygens (including phenoxy) is 1. The van der Waals surface area contributed by atoms with E-state index in [1.807, 2.05) is 0 Å². The molecule has 0 N–H and O–H groups in total. The number of hydrogen-bond donors (Lipinski definition) is 0. The van der Waals surface area contributed by atoms with Crippen molar-refractivity contribution >= 4 is 16.6 Å². The molecule has 0 saturated carbocycles. The predicted molar refractivity (Wildman–Crippen MR) is 101 cm³/mol. The zero-order valence-corrected chi connectivity index (χ0v) is 15.2. The van der Waals surface area contributed by atoms with Crippen LogP contribution in [0, 0.1) is 18.2 Å². The van der Waals surface area contributed by atoms with Crippen molar-refractivity contribution < 1.29 is 17.9 Å². The Balaban J connectivity index is 2.02. The second kappa shape index (κ2) is 6.44. The summed E-state index contributed by atoms with van der Waals surface area (Å²) < 4.78 is 48.9. The van der Waals surface area contributed by atoms with E-state index >= 15 is 0 Å².